The molecule has 0 N–H and O–H groups in total. The van der Waals surface area contributed by atoms with Crippen LogP contribution < -0.4 is 0 Å². The molecule has 2 unspecified atom stereocenters. The lowest BCUT2D eigenvalue weighted by Gasteiger charge is -2.18. The topological polar surface area (TPSA) is 0 Å². The van der Waals surface area contributed by atoms with E-state index in [-0.39, 0.29) is 0 Å². The van der Waals surface area contributed by atoms with E-state index in [9.17, 15) is 0 Å². The second-order valence-corrected chi connectivity index (χ2v) is 7.04. The van der Waals surface area contributed by atoms with E-state index in [0.29, 0.717) is 0 Å². The molecule has 0 saturated heterocycles. The molecule has 0 nitrogen and oxygen atoms in total. The van der Waals surface area contributed by atoms with Crippen LogP contribution in [0.25, 0.3) is 0 Å². The van der Waals surface area contributed by atoms with E-state index in [1.165, 1.54) is 33.3 Å². The van der Waals surface area contributed by atoms with Gasteiger partial charge in [-0.3, -0.25) is 0 Å². The maximum Gasteiger partial charge on any atom is 0.0123 e. The van der Waals surface area contributed by atoms with Crippen molar-refractivity contribution in [2.24, 2.45) is 0 Å². The third kappa shape index (κ3) is 2.58. The van der Waals surface area contributed by atoms with Crippen molar-refractivity contribution in [1.82, 2.24) is 0 Å². The maximum absolute atomic E-state index is 2.34. The lowest BCUT2D eigenvalue weighted by molar-refractivity contribution is 0.821. The zero-order chi connectivity index (χ0) is 10.6. The van der Waals surface area contributed by atoms with Gasteiger partial charge in [0, 0.05) is 20.5 Å². The Morgan fingerprint density at radius 1 is 0.929 bits per heavy atom. The second-order valence-electron chi connectivity index (χ2n) is 4.25. The molecule has 14 heavy (non-hydrogen) atoms. The molecule has 0 heterocycles. The summed E-state index contributed by atoms with van der Waals surface area (Å²) in [7, 11) is 2.58. The van der Waals surface area contributed by atoms with Crippen LogP contribution in [0.4, 0.5) is 0 Å². The molecule has 0 amide bonds. The lowest BCUT2D eigenvalue weighted by atomic mass is 9.99. The van der Waals surface area contributed by atoms with Crippen LogP contribution in [0.15, 0.2) is 24.3 Å². The molecule has 1 aromatic rings. The lowest BCUT2D eigenvalue weighted by Crippen LogP contribution is -2.06. The van der Waals surface area contributed by atoms with Crippen molar-refractivity contribution in [3.8, 4) is 0 Å². The SMILES string of the molecule is CCC([SiH3])c1ccccc1C([SiH3])CC. The van der Waals surface area contributed by atoms with Gasteiger partial charge in [0.15, 0.2) is 0 Å². The molecule has 0 fully saturated rings. The molecule has 0 saturated carbocycles. The quantitative estimate of drug-likeness (QED) is 0.674. The van der Waals surface area contributed by atoms with Crippen molar-refractivity contribution in [2.75, 3.05) is 0 Å². The maximum atomic E-state index is 2.34. The van der Waals surface area contributed by atoms with Crippen molar-refractivity contribution < 1.29 is 0 Å². The Morgan fingerprint density at radius 3 is 1.57 bits per heavy atom. The first-order chi connectivity index (χ1) is 6.70. The molecule has 0 radical (unpaired) electrons. The summed E-state index contributed by atoms with van der Waals surface area (Å²) in [5.41, 5.74) is 5.00. The first kappa shape index (κ1) is 11.7. The van der Waals surface area contributed by atoms with Crippen LogP contribution in [-0.4, -0.2) is 20.5 Å². The minimum absolute atomic E-state index is 0.856. The van der Waals surface area contributed by atoms with E-state index >= 15 is 0 Å². The molecule has 0 aliphatic heterocycles. The summed E-state index contributed by atoms with van der Waals surface area (Å²) in [4.78, 5) is 0. The highest BCUT2D eigenvalue weighted by molar-refractivity contribution is 6.14. The Labute approximate surface area is 94.0 Å². The molecule has 0 bridgehead atoms. The summed E-state index contributed by atoms with van der Waals surface area (Å²) in [6.45, 7) is 4.62. The summed E-state index contributed by atoms with van der Waals surface area (Å²) in [5.74, 6) is 0. The van der Waals surface area contributed by atoms with Crippen molar-refractivity contribution in [3.63, 3.8) is 0 Å². The van der Waals surface area contributed by atoms with E-state index in [0.717, 1.165) is 11.1 Å². The minimum Gasteiger partial charge on any atom is -0.0651 e. The van der Waals surface area contributed by atoms with Gasteiger partial charge in [0.2, 0.25) is 0 Å². The summed E-state index contributed by atoms with van der Waals surface area (Å²) < 4.78 is 0. The van der Waals surface area contributed by atoms with E-state index in [1.807, 2.05) is 0 Å². The van der Waals surface area contributed by atoms with Gasteiger partial charge in [-0.1, -0.05) is 51.0 Å². The van der Waals surface area contributed by atoms with Gasteiger partial charge in [-0.15, -0.1) is 0 Å². The van der Waals surface area contributed by atoms with E-state index in [1.54, 1.807) is 11.1 Å². The Bertz CT molecular complexity index is 254. The standard InChI is InChI=1S/C12H22Si2/c1-3-11(13)9-7-5-6-8-10(9)12(14)4-2/h5-8,11-12H,3-4H2,1-2,13-14H3. The monoisotopic (exact) mass is 222 g/mol. The van der Waals surface area contributed by atoms with Gasteiger partial charge in [0.25, 0.3) is 0 Å². The molecular weight excluding hydrogens is 200 g/mol. The van der Waals surface area contributed by atoms with Gasteiger partial charge in [0.1, 0.15) is 0 Å². The Balaban J connectivity index is 3.02. The highest BCUT2D eigenvalue weighted by Gasteiger charge is 2.11. The van der Waals surface area contributed by atoms with Gasteiger partial charge >= 0.3 is 0 Å². The minimum atomic E-state index is 0.856. The zero-order valence-electron chi connectivity index (χ0n) is 9.88. The average Bonchev–Trinajstić information content (AvgIpc) is 2.27. The van der Waals surface area contributed by atoms with Crippen LogP contribution in [0.1, 0.15) is 48.9 Å². The third-order valence-corrected chi connectivity index (χ3v) is 6.16. The van der Waals surface area contributed by atoms with Crippen LogP contribution in [0.5, 0.6) is 0 Å². The highest BCUT2D eigenvalue weighted by atomic mass is 28.1. The first-order valence-corrected chi connectivity index (χ1v) is 8.10. The molecule has 0 aromatic heterocycles. The molecular formula is C12H22Si2. The summed E-state index contributed by atoms with van der Waals surface area (Å²) in [5, 5.41) is 0. The smallest absolute Gasteiger partial charge is 0.0123 e. The van der Waals surface area contributed by atoms with E-state index in [2.05, 4.69) is 38.1 Å². The number of rotatable bonds is 4. The molecule has 0 spiro atoms. The predicted molar refractivity (Wildman–Crippen MR) is 72.4 cm³/mol. The summed E-state index contributed by atoms with van der Waals surface area (Å²) in [6.07, 6.45) is 2.61. The highest BCUT2D eigenvalue weighted by Crippen LogP contribution is 2.26. The van der Waals surface area contributed by atoms with E-state index in [4.69, 9.17) is 0 Å². The van der Waals surface area contributed by atoms with Crippen molar-refractivity contribution in [1.29, 1.82) is 0 Å². The summed E-state index contributed by atoms with van der Waals surface area (Å²) in [6, 6.07) is 9.08. The van der Waals surface area contributed by atoms with Gasteiger partial charge in [-0.25, -0.2) is 0 Å². The zero-order valence-corrected chi connectivity index (χ0v) is 13.9. The summed E-state index contributed by atoms with van der Waals surface area (Å²) >= 11 is 0. The van der Waals surface area contributed by atoms with Gasteiger partial charge in [-0.05, 0) is 22.2 Å². The van der Waals surface area contributed by atoms with Crippen molar-refractivity contribution in [3.05, 3.63) is 35.4 Å². The molecule has 2 atom stereocenters. The largest absolute Gasteiger partial charge is 0.0651 e. The number of hydrogen-bond acceptors (Lipinski definition) is 0. The van der Waals surface area contributed by atoms with Crippen molar-refractivity contribution in [2.45, 2.75) is 37.8 Å². The Morgan fingerprint density at radius 2 is 1.29 bits per heavy atom. The van der Waals surface area contributed by atoms with Crippen molar-refractivity contribution >= 4 is 20.5 Å². The van der Waals surface area contributed by atoms with Crippen LogP contribution in [-0.2, 0) is 0 Å². The predicted octanol–water partition coefficient (Wildman–Crippen LogP) is 1.32. The first-order valence-electron chi connectivity index (χ1n) is 5.79. The Hall–Kier alpha value is -0.346. The van der Waals surface area contributed by atoms with Crippen LogP contribution in [0.2, 0.25) is 0 Å². The van der Waals surface area contributed by atoms with Crippen LogP contribution in [0, 0.1) is 0 Å². The van der Waals surface area contributed by atoms with Crippen LogP contribution in [0.3, 0.4) is 0 Å². The number of hydrogen-bond donors (Lipinski definition) is 0. The molecule has 0 aliphatic carbocycles. The number of benzene rings is 1. The van der Waals surface area contributed by atoms with Crippen LogP contribution >= 0.6 is 0 Å². The normalized spacial score (nSPS) is 15.6. The molecule has 2 heteroatoms. The Kier molecular flexibility index (Phi) is 4.62. The molecule has 0 aliphatic rings. The van der Waals surface area contributed by atoms with Gasteiger partial charge < -0.3 is 0 Å². The molecule has 1 aromatic carbocycles. The average molecular weight is 222 g/mol. The van der Waals surface area contributed by atoms with Gasteiger partial charge in [0.05, 0.1) is 0 Å². The molecule has 78 valence electrons. The van der Waals surface area contributed by atoms with E-state index < -0.39 is 0 Å². The fourth-order valence-corrected chi connectivity index (χ4v) is 2.90. The molecule has 1 rings (SSSR count). The fraction of sp³-hybridized carbons (Fsp3) is 0.500. The third-order valence-electron chi connectivity index (χ3n) is 3.28. The van der Waals surface area contributed by atoms with Gasteiger partial charge in [-0.2, -0.15) is 0 Å². The second kappa shape index (κ2) is 5.51. The fourth-order valence-electron chi connectivity index (χ4n) is 1.85.